The number of hydrogen-bond acceptors (Lipinski definition) is 2. The Labute approximate surface area is 151 Å². The van der Waals surface area contributed by atoms with Gasteiger partial charge in [-0.3, -0.25) is 4.79 Å². The van der Waals surface area contributed by atoms with Gasteiger partial charge in [0, 0.05) is 23.1 Å². The highest BCUT2D eigenvalue weighted by Gasteiger charge is 2.17. The number of aromatic amines is 1. The Morgan fingerprint density at radius 1 is 1.04 bits per heavy atom. The highest BCUT2D eigenvalue weighted by Crippen LogP contribution is 2.23. The van der Waals surface area contributed by atoms with Crippen molar-refractivity contribution in [2.24, 2.45) is 0 Å². The first-order valence-electron chi connectivity index (χ1n) is 8.66. The quantitative estimate of drug-likeness (QED) is 0.522. The average molecular weight is 344 g/mol. The second-order valence-electron chi connectivity index (χ2n) is 6.50. The fourth-order valence-electron chi connectivity index (χ4n) is 3.38. The SMILES string of the molecule is Cc1[nH]c2ccccc2c1C(=O)NCC(O)c1ccc2ccccc2c1. The molecule has 4 rings (SSSR count). The van der Waals surface area contributed by atoms with Crippen LogP contribution in [-0.2, 0) is 0 Å². The zero-order chi connectivity index (χ0) is 18.1. The molecule has 26 heavy (non-hydrogen) atoms. The molecule has 3 aromatic carbocycles. The van der Waals surface area contributed by atoms with Gasteiger partial charge in [-0.1, -0.05) is 54.6 Å². The maximum Gasteiger partial charge on any atom is 0.253 e. The second-order valence-corrected chi connectivity index (χ2v) is 6.50. The lowest BCUT2D eigenvalue weighted by atomic mass is 10.0. The van der Waals surface area contributed by atoms with E-state index >= 15 is 0 Å². The minimum Gasteiger partial charge on any atom is -0.387 e. The number of benzene rings is 3. The molecule has 0 saturated carbocycles. The lowest BCUT2D eigenvalue weighted by Crippen LogP contribution is -2.28. The molecule has 3 N–H and O–H groups in total. The first-order chi connectivity index (χ1) is 12.6. The first-order valence-corrected chi connectivity index (χ1v) is 8.66. The van der Waals surface area contributed by atoms with Crippen LogP contribution in [0.2, 0.25) is 0 Å². The molecule has 4 nitrogen and oxygen atoms in total. The summed E-state index contributed by atoms with van der Waals surface area (Å²) in [5.41, 5.74) is 3.18. The molecule has 130 valence electrons. The van der Waals surface area contributed by atoms with E-state index in [1.165, 1.54) is 0 Å². The summed E-state index contributed by atoms with van der Waals surface area (Å²) in [6.45, 7) is 2.05. The first kappa shape index (κ1) is 16.4. The van der Waals surface area contributed by atoms with Crippen molar-refractivity contribution in [2.45, 2.75) is 13.0 Å². The molecule has 1 atom stereocenters. The van der Waals surface area contributed by atoms with Crippen molar-refractivity contribution in [3.63, 3.8) is 0 Å². The van der Waals surface area contributed by atoms with Crippen molar-refractivity contribution in [3.8, 4) is 0 Å². The molecule has 0 saturated heterocycles. The van der Waals surface area contributed by atoms with Crippen LogP contribution in [0.25, 0.3) is 21.7 Å². The van der Waals surface area contributed by atoms with Crippen LogP contribution >= 0.6 is 0 Å². The van der Waals surface area contributed by atoms with E-state index in [0.717, 1.165) is 32.9 Å². The van der Waals surface area contributed by atoms with Crippen LogP contribution in [0.5, 0.6) is 0 Å². The van der Waals surface area contributed by atoms with Gasteiger partial charge in [-0.25, -0.2) is 0 Å². The van der Waals surface area contributed by atoms with Gasteiger partial charge in [0.1, 0.15) is 0 Å². The number of hydrogen-bond donors (Lipinski definition) is 3. The van der Waals surface area contributed by atoms with E-state index in [0.29, 0.717) is 5.56 Å². The molecular formula is C22H20N2O2. The molecule has 0 bridgehead atoms. The van der Waals surface area contributed by atoms with E-state index < -0.39 is 6.10 Å². The Morgan fingerprint density at radius 2 is 1.77 bits per heavy atom. The van der Waals surface area contributed by atoms with Crippen molar-refractivity contribution < 1.29 is 9.90 Å². The third kappa shape index (κ3) is 2.95. The smallest absolute Gasteiger partial charge is 0.253 e. The minimum atomic E-state index is -0.755. The number of fused-ring (bicyclic) bond motifs is 2. The molecule has 4 aromatic rings. The number of carbonyl (C=O) groups is 1. The molecule has 0 aliphatic carbocycles. The Bertz CT molecular complexity index is 1100. The van der Waals surface area contributed by atoms with E-state index in [-0.39, 0.29) is 12.5 Å². The van der Waals surface area contributed by atoms with Gasteiger partial charge in [-0.2, -0.15) is 0 Å². The zero-order valence-corrected chi connectivity index (χ0v) is 14.5. The second kappa shape index (κ2) is 6.65. The van der Waals surface area contributed by atoms with Gasteiger partial charge in [0.05, 0.1) is 11.7 Å². The molecule has 1 heterocycles. The number of amides is 1. The van der Waals surface area contributed by atoms with Crippen LogP contribution in [0, 0.1) is 6.92 Å². The molecule has 0 spiro atoms. The summed E-state index contributed by atoms with van der Waals surface area (Å²) < 4.78 is 0. The van der Waals surface area contributed by atoms with E-state index in [1.807, 2.05) is 73.7 Å². The summed E-state index contributed by atoms with van der Waals surface area (Å²) in [4.78, 5) is 15.9. The number of aliphatic hydroxyl groups is 1. The average Bonchev–Trinajstić information content (AvgIpc) is 3.01. The van der Waals surface area contributed by atoms with Crippen LogP contribution in [-0.4, -0.2) is 22.5 Å². The summed E-state index contributed by atoms with van der Waals surface area (Å²) >= 11 is 0. The van der Waals surface area contributed by atoms with Crippen molar-refractivity contribution >= 4 is 27.6 Å². The summed E-state index contributed by atoms with van der Waals surface area (Å²) in [5.74, 6) is -0.181. The number of H-pyrrole nitrogens is 1. The molecule has 1 amide bonds. The van der Waals surface area contributed by atoms with E-state index in [4.69, 9.17) is 0 Å². The summed E-state index contributed by atoms with van der Waals surface area (Å²) in [6.07, 6.45) is -0.755. The number of aliphatic hydroxyl groups excluding tert-OH is 1. The molecule has 0 aliphatic rings. The highest BCUT2D eigenvalue weighted by atomic mass is 16.3. The normalized spacial score (nSPS) is 12.4. The number of nitrogens with one attached hydrogen (secondary N) is 2. The van der Waals surface area contributed by atoms with Gasteiger partial charge in [-0.15, -0.1) is 0 Å². The van der Waals surface area contributed by atoms with E-state index in [9.17, 15) is 9.90 Å². The number of para-hydroxylation sites is 1. The molecule has 4 heteroatoms. The van der Waals surface area contributed by atoms with Gasteiger partial charge >= 0.3 is 0 Å². The standard InChI is InChI=1S/C22H20N2O2/c1-14-21(18-8-4-5-9-19(18)24-14)22(26)23-13-20(25)17-11-10-15-6-2-3-7-16(15)12-17/h2-12,20,24-25H,13H2,1H3,(H,23,26). The minimum absolute atomic E-state index is 0.163. The number of aryl methyl sites for hydroxylation is 1. The van der Waals surface area contributed by atoms with Crippen LogP contribution in [0.3, 0.4) is 0 Å². The molecule has 0 radical (unpaired) electrons. The van der Waals surface area contributed by atoms with Gasteiger partial charge in [0.2, 0.25) is 0 Å². The van der Waals surface area contributed by atoms with Gasteiger partial charge in [0.15, 0.2) is 0 Å². The van der Waals surface area contributed by atoms with Crippen LogP contribution in [0.4, 0.5) is 0 Å². The predicted octanol–water partition coefficient (Wildman–Crippen LogP) is 4.09. The molecule has 0 aliphatic heterocycles. The molecule has 1 aromatic heterocycles. The Kier molecular flexibility index (Phi) is 4.19. The maximum atomic E-state index is 12.6. The third-order valence-corrected chi connectivity index (χ3v) is 4.73. The lowest BCUT2D eigenvalue weighted by Gasteiger charge is -2.13. The summed E-state index contributed by atoms with van der Waals surface area (Å²) in [6, 6.07) is 21.6. The number of rotatable bonds is 4. The Morgan fingerprint density at radius 3 is 2.62 bits per heavy atom. The Balaban J connectivity index is 1.52. The maximum absolute atomic E-state index is 12.6. The summed E-state index contributed by atoms with van der Waals surface area (Å²) in [5, 5.41) is 16.4. The molecule has 0 fully saturated rings. The fourth-order valence-corrected chi connectivity index (χ4v) is 3.38. The highest BCUT2D eigenvalue weighted by molar-refractivity contribution is 6.08. The van der Waals surface area contributed by atoms with Gasteiger partial charge in [0.25, 0.3) is 5.91 Å². The van der Waals surface area contributed by atoms with Crippen LogP contribution < -0.4 is 5.32 Å². The number of aromatic nitrogens is 1. The summed E-state index contributed by atoms with van der Waals surface area (Å²) in [7, 11) is 0. The Hall–Kier alpha value is -3.11. The van der Waals surface area contributed by atoms with Crippen molar-refractivity contribution in [1.29, 1.82) is 0 Å². The molecular weight excluding hydrogens is 324 g/mol. The topological polar surface area (TPSA) is 65.1 Å². The van der Waals surface area contributed by atoms with Gasteiger partial charge in [-0.05, 0) is 35.4 Å². The largest absolute Gasteiger partial charge is 0.387 e. The lowest BCUT2D eigenvalue weighted by molar-refractivity contribution is 0.0917. The van der Waals surface area contributed by atoms with E-state index in [2.05, 4.69) is 10.3 Å². The fraction of sp³-hybridized carbons (Fsp3) is 0.136. The van der Waals surface area contributed by atoms with Crippen LogP contribution in [0.15, 0.2) is 66.7 Å². The number of carbonyl (C=O) groups excluding carboxylic acids is 1. The monoisotopic (exact) mass is 344 g/mol. The van der Waals surface area contributed by atoms with E-state index in [1.54, 1.807) is 0 Å². The zero-order valence-electron chi connectivity index (χ0n) is 14.5. The van der Waals surface area contributed by atoms with Crippen molar-refractivity contribution in [2.75, 3.05) is 6.54 Å². The third-order valence-electron chi connectivity index (χ3n) is 4.73. The van der Waals surface area contributed by atoms with Crippen molar-refractivity contribution in [3.05, 3.63) is 83.6 Å². The van der Waals surface area contributed by atoms with Gasteiger partial charge < -0.3 is 15.4 Å². The van der Waals surface area contributed by atoms with Crippen molar-refractivity contribution in [1.82, 2.24) is 10.3 Å². The van der Waals surface area contributed by atoms with Crippen LogP contribution in [0.1, 0.15) is 27.7 Å². The molecule has 1 unspecified atom stereocenters. The predicted molar refractivity (Wildman–Crippen MR) is 104 cm³/mol.